The number of anilines is 1. The second-order valence-corrected chi connectivity index (χ2v) is 6.09. The number of esters is 1. The van der Waals surface area contributed by atoms with E-state index in [4.69, 9.17) is 22.1 Å². The molecule has 1 saturated heterocycles. The van der Waals surface area contributed by atoms with Crippen molar-refractivity contribution in [2.75, 3.05) is 37.7 Å². The molecular formula is C18H27ClN2O4. The van der Waals surface area contributed by atoms with Crippen molar-refractivity contribution in [2.24, 2.45) is 5.73 Å². The molecule has 0 atom stereocenters. The Kier molecular flexibility index (Phi) is 10.7. The lowest BCUT2D eigenvalue weighted by atomic mass is 10.1. The summed E-state index contributed by atoms with van der Waals surface area (Å²) in [7, 11) is 0. The van der Waals surface area contributed by atoms with E-state index in [1.807, 2.05) is 6.07 Å². The topological polar surface area (TPSA) is 81.9 Å². The summed E-state index contributed by atoms with van der Waals surface area (Å²) >= 11 is 4.81. The number of carbonyl (C=O) groups excluding carboxylic acids is 2. The number of benzene rings is 1. The fraction of sp³-hybridized carbons (Fsp3) is 0.556. The van der Waals surface area contributed by atoms with Crippen LogP contribution >= 0.6 is 11.6 Å². The second kappa shape index (κ2) is 12.6. The quantitative estimate of drug-likeness (QED) is 0.451. The maximum absolute atomic E-state index is 9.92. The van der Waals surface area contributed by atoms with E-state index < -0.39 is 11.2 Å². The molecule has 140 valence electrons. The van der Waals surface area contributed by atoms with Crippen LogP contribution in [0.3, 0.4) is 0 Å². The van der Waals surface area contributed by atoms with E-state index >= 15 is 0 Å². The highest BCUT2D eigenvalue weighted by Gasteiger charge is 2.11. The summed E-state index contributed by atoms with van der Waals surface area (Å²) in [5.74, 6) is 0.459. The number of hydrogen-bond donors (Lipinski definition) is 1. The maximum Gasteiger partial charge on any atom is 0.303 e. The van der Waals surface area contributed by atoms with E-state index in [0.29, 0.717) is 13.2 Å². The number of hydrogen-bond acceptors (Lipinski definition) is 6. The van der Waals surface area contributed by atoms with Crippen molar-refractivity contribution in [1.82, 2.24) is 0 Å². The SMILES string of the molecule is CC(=O)OCC(=O)Cl.NCCCOc1cccc(N2CCCCC2)c1. The molecule has 7 heteroatoms. The van der Waals surface area contributed by atoms with E-state index in [1.165, 1.54) is 45.0 Å². The van der Waals surface area contributed by atoms with Gasteiger partial charge in [-0.3, -0.25) is 9.59 Å². The summed E-state index contributed by atoms with van der Waals surface area (Å²) in [6, 6.07) is 8.40. The standard InChI is InChI=1S/C14H22N2O.C4H5ClO3/c15-8-5-11-17-14-7-4-6-13(12-14)16-9-2-1-3-10-16;1-3(6)8-2-4(5)7/h4,6-7,12H,1-3,5,8-11,15H2;2H2,1H3. The number of rotatable bonds is 7. The van der Waals surface area contributed by atoms with Crippen LogP contribution in [0.2, 0.25) is 0 Å². The molecule has 0 aromatic heterocycles. The molecule has 25 heavy (non-hydrogen) atoms. The van der Waals surface area contributed by atoms with Crippen molar-refractivity contribution in [3.05, 3.63) is 24.3 Å². The van der Waals surface area contributed by atoms with Crippen molar-refractivity contribution in [3.8, 4) is 5.75 Å². The lowest BCUT2D eigenvalue weighted by molar-refractivity contribution is -0.143. The van der Waals surface area contributed by atoms with Crippen LogP contribution in [0.15, 0.2) is 24.3 Å². The molecule has 1 aromatic carbocycles. The van der Waals surface area contributed by atoms with Gasteiger partial charge in [-0.1, -0.05) is 6.07 Å². The van der Waals surface area contributed by atoms with Gasteiger partial charge in [-0.2, -0.15) is 0 Å². The molecule has 1 aliphatic rings. The lowest BCUT2D eigenvalue weighted by Gasteiger charge is -2.29. The molecule has 0 unspecified atom stereocenters. The average Bonchev–Trinajstić information content (AvgIpc) is 2.62. The van der Waals surface area contributed by atoms with Crippen molar-refractivity contribution < 1.29 is 19.1 Å². The zero-order valence-electron chi connectivity index (χ0n) is 14.7. The van der Waals surface area contributed by atoms with Crippen LogP contribution in [0, 0.1) is 0 Å². The first-order valence-corrected chi connectivity index (χ1v) is 8.90. The summed E-state index contributed by atoms with van der Waals surface area (Å²) in [6.07, 6.45) is 4.88. The number of nitrogens with zero attached hydrogens (tertiary/aromatic N) is 1. The molecule has 0 radical (unpaired) electrons. The molecule has 1 heterocycles. The van der Waals surface area contributed by atoms with Crippen molar-refractivity contribution in [2.45, 2.75) is 32.6 Å². The Morgan fingerprint density at radius 2 is 1.96 bits per heavy atom. The third kappa shape index (κ3) is 9.94. The van der Waals surface area contributed by atoms with E-state index in [0.717, 1.165) is 12.2 Å². The van der Waals surface area contributed by atoms with Crippen molar-refractivity contribution >= 4 is 28.5 Å². The number of halogens is 1. The van der Waals surface area contributed by atoms with Crippen LogP contribution in [0.4, 0.5) is 5.69 Å². The molecular weight excluding hydrogens is 344 g/mol. The Hall–Kier alpha value is -1.79. The van der Waals surface area contributed by atoms with Gasteiger partial charge >= 0.3 is 5.97 Å². The van der Waals surface area contributed by atoms with Gasteiger partial charge in [0.1, 0.15) is 5.75 Å². The normalized spacial score (nSPS) is 13.5. The minimum absolute atomic E-state index is 0.336. The third-order valence-corrected chi connectivity index (χ3v) is 3.65. The van der Waals surface area contributed by atoms with Gasteiger partial charge in [-0.25, -0.2) is 0 Å². The fourth-order valence-electron chi connectivity index (χ4n) is 2.35. The predicted molar refractivity (Wildman–Crippen MR) is 99.2 cm³/mol. The highest BCUT2D eigenvalue weighted by atomic mass is 35.5. The molecule has 0 saturated carbocycles. The summed E-state index contributed by atoms with van der Waals surface area (Å²) in [5, 5.41) is -0.666. The first-order chi connectivity index (χ1) is 12.0. The molecule has 2 N–H and O–H groups in total. The Bertz CT molecular complexity index is 520. The molecule has 0 aliphatic carbocycles. The van der Waals surface area contributed by atoms with Crippen LogP contribution in [-0.2, 0) is 14.3 Å². The van der Waals surface area contributed by atoms with Gasteiger partial charge in [-0.15, -0.1) is 0 Å². The van der Waals surface area contributed by atoms with Crippen molar-refractivity contribution in [1.29, 1.82) is 0 Å². The zero-order valence-corrected chi connectivity index (χ0v) is 15.5. The summed E-state index contributed by atoms with van der Waals surface area (Å²) < 4.78 is 9.85. The first-order valence-electron chi connectivity index (χ1n) is 8.52. The largest absolute Gasteiger partial charge is 0.493 e. The van der Waals surface area contributed by atoms with E-state index in [-0.39, 0.29) is 6.61 Å². The number of carbonyl (C=O) groups is 2. The van der Waals surface area contributed by atoms with Crippen LogP contribution in [0.1, 0.15) is 32.6 Å². The summed E-state index contributed by atoms with van der Waals surface area (Å²) in [5.41, 5.74) is 6.74. The molecule has 0 amide bonds. The highest BCUT2D eigenvalue weighted by molar-refractivity contribution is 6.64. The monoisotopic (exact) mass is 370 g/mol. The minimum atomic E-state index is -0.666. The fourth-order valence-corrected chi connectivity index (χ4v) is 2.41. The van der Waals surface area contributed by atoms with Gasteiger partial charge in [0.05, 0.1) is 6.61 Å². The van der Waals surface area contributed by atoms with Crippen molar-refractivity contribution in [3.63, 3.8) is 0 Å². The van der Waals surface area contributed by atoms with Crippen LogP contribution < -0.4 is 15.4 Å². The number of piperidine rings is 1. The highest BCUT2D eigenvalue weighted by Crippen LogP contribution is 2.24. The summed E-state index contributed by atoms with van der Waals surface area (Å²) in [4.78, 5) is 22.2. The van der Waals surface area contributed by atoms with E-state index in [1.54, 1.807) is 0 Å². The Balaban J connectivity index is 0.000000333. The molecule has 1 aliphatic heterocycles. The van der Waals surface area contributed by atoms with E-state index in [9.17, 15) is 9.59 Å². The molecule has 1 aromatic rings. The summed E-state index contributed by atoms with van der Waals surface area (Å²) in [6.45, 7) is 4.61. The van der Waals surface area contributed by atoms with Gasteiger partial charge in [0, 0.05) is 31.8 Å². The van der Waals surface area contributed by atoms with Crippen LogP contribution in [-0.4, -0.2) is 44.1 Å². The third-order valence-electron chi connectivity index (χ3n) is 3.54. The molecule has 2 rings (SSSR count). The van der Waals surface area contributed by atoms with E-state index in [2.05, 4.69) is 27.8 Å². The number of nitrogens with two attached hydrogens (primary N) is 1. The molecule has 6 nitrogen and oxygen atoms in total. The number of ether oxygens (including phenoxy) is 2. The second-order valence-electron chi connectivity index (χ2n) is 5.67. The molecule has 1 fully saturated rings. The minimum Gasteiger partial charge on any atom is -0.493 e. The predicted octanol–water partition coefficient (Wildman–Crippen LogP) is 2.72. The molecule has 0 spiro atoms. The zero-order chi connectivity index (χ0) is 18.5. The van der Waals surface area contributed by atoms with Gasteiger partial charge in [-0.05, 0) is 56.0 Å². The van der Waals surface area contributed by atoms with Crippen LogP contribution in [0.5, 0.6) is 5.75 Å². The average molecular weight is 371 g/mol. The lowest BCUT2D eigenvalue weighted by Crippen LogP contribution is -2.29. The Labute approximate surface area is 154 Å². The van der Waals surface area contributed by atoms with Crippen LogP contribution in [0.25, 0.3) is 0 Å². The van der Waals surface area contributed by atoms with Gasteiger partial charge in [0.25, 0.3) is 5.24 Å². The smallest absolute Gasteiger partial charge is 0.303 e. The maximum atomic E-state index is 9.92. The Morgan fingerprint density at radius 1 is 1.24 bits per heavy atom. The van der Waals surface area contributed by atoms with Gasteiger partial charge in [0.2, 0.25) is 0 Å². The van der Waals surface area contributed by atoms with Gasteiger partial charge < -0.3 is 20.1 Å². The Morgan fingerprint density at radius 3 is 2.52 bits per heavy atom. The first kappa shape index (κ1) is 21.3. The molecule has 0 bridgehead atoms. The van der Waals surface area contributed by atoms with Gasteiger partial charge in [0.15, 0.2) is 6.61 Å².